The van der Waals surface area contributed by atoms with E-state index >= 15 is 0 Å². The zero-order chi connectivity index (χ0) is 28.6. The van der Waals surface area contributed by atoms with E-state index in [1.807, 2.05) is 31.2 Å². The second kappa shape index (κ2) is 14.2. The molecule has 0 aliphatic heterocycles. The number of anilines is 1. The van der Waals surface area contributed by atoms with Gasteiger partial charge in [-0.15, -0.1) is 0 Å². The molecule has 0 unspecified atom stereocenters. The normalized spacial score (nSPS) is 12.0. The summed E-state index contributed by atoms with van der Waals surface area (Å²) in [6.07, 6.45) is 1.71. The van der Waals surface area contributed by atoms with Gasteiger partial charge in [-0.2, -0.15) is 0 Å². The highest BCUT2D eigenvalue weighted by Crippen LogP contribution is 2.31. The Morgan fingerprint density at radius 2 is 1.64 bits per heavy atom. The first kappa shape index (κ1) is 30.9. The van der Waals surface area contributed by atoms with E-state index in [9.17, 15) is 18.0 Å². The molecule has 0 fully saturated rings. The largest absolute Gasteiger partial charge is 0.354 e. The van der Waals surface area contributed by atoms with Gasteiger partial charge in [-0.3, -0.25) is 13.9 Å². The average molecular weight is 655 g/mol. The third-order valence-corrected chi connectivity index (χ3v) is 9.12. The molecule has 0 heterocycles. The van der Waals surface area contributed by atoms with Crippen LogP contribution in [0.5, 0.6) is 0 Å². The molecule has 3 aromatic rings. The Kier molecular flexibility index (Phi) is 11.2. The number of rotatable bonds is 12. The summed E-state index contributed by atoms with van der Waals surface area (Å²) < 4.78 is 29.4. The maximum atomic E-state index is 13.9. The topological polar surface area (TPSA) is 86.8 Å². The number of carbonyl (C=O) groups excluding carboxylic acids is 2. The quantitative estimate of drug-likeness (QED) is 0.233. The lowest BCUT2D eigenvalue weighted by Crippen LogP contribution is -2.51. The van der Waals surface area contributed by atoms with E-state index in [-0.39, 0.29) is 33.1 Å². The van der Waals surface area contributed by atoms with Crippen molar-refractivity contribution in [1.82, 2.24) is 10.2 Å². The molecule has 2 amide bonds. The molecule has 0 saturated heterocycles. The minimum Gasteiger partial charge on any atom is -0.354 e. The average Bonchev–Trinajstić information content (AvgIpc) is 2.93. The van der Waals surface area contributed by atoms with Crippen molar-refractivity contribution in [3.8, 4) is 0 Å². The van der Waals surface area contributed by atoms with E-state index in [1.165, 1.54) is 35.2 Å². The van der Waals surface area contributed by atoms with Crippen molar-refractivity contribution in [2.24, 2.45) is 0 Å². The highest BCUT2D eigenvalue weighted by atomic mass is 79.9. The molecular weight excluding hydrogens is 625 g/mol. The Morgan fingerprint density at radius 3 is 2.26 bits per heavy atom. The zero-order valence-electron chi connectivity index (χ0n) is 21.6. The number of carbonyl (C=O) groups is 2. The van der Waals surface area contributed by atoms with Crippen molar-refractivity contribution >= 4 is 66.7 Å². The molecule has 1 N–H and O–H groups in total. The number of unbranched alkanes of at least 4 members (excludes halogenated alkanes) is 1. The number of hydrogen-bond acceptors (Lipinski definition) is 4. The number of nitrogens with one attached hydrogen (secondary N) is 1. The molecule has 3 aromatic carbocycles. The molecule has 208 valence electrons. The van der Waals surface area contributed by atoms with Crippen LogP contribution in [0.3, 0.4) is 0 Å². The first-order chi connectivity index (χ1) is 18.5. The molecule has 1 atom stereocenters. The van der Waals surface area contributed by atoms with Crippen molar-refractivity contribution in [3.05, 3.63) is 92.9 Å². The van der Waals surface area contributed by atoms with Crippen molar-refractivity contribution in [1.29, 1.82) is 0 Å². The summed E-state index contributed by atoms with van der Waals surface area (Å²) in [6.45, 7) is 3.68. The van der Waals surface area contributed by atoms with Crippen LogP contribution in [-0.2, 0) is 26.2 Å². The van der Waals surface area contributed by atoms with Crippen molar-refractivity contribution in [2.75, 3.05) is 17.4 Å². The molecule has 0 bridgehead atoms. The monoisotopic (exact) mass is 653 g/mol. The van der Waals surface area contributed by atoms with Crippen LogP contribution in [0.4, 0.5) is 5.69 Å². The molecule has 0 aliphatic rings. The van der Waals surface area contributed by atoms with Gasteiger partial charge in [0.2, 0.25) is 11.8 Å². The van der Waals surface area contributed by atoms with E-state index in [4.69, 9.17) is 23.2 Å². The summed E-state index contributed by atoms with van der Waals surface area (Å²) >= 11 is 15.7. The molecule has 0 spiro atoms. The molecule has 0 aliphatic carbocycles. The second-order valence-corrected chi connectivity index (χ2v) is 12.5. The van der Waals surface area contributed by atoms with Crippen molar-refractivity contribution in [2.45, 2.75) is 44.2 Å². The zero-order valence-corrected chi connectivity index (χ0v) is 25.5. The third kappa shape index (κ3) is 8.20. The minimum atomic E-state index is -4.18. The minimum absolute atomic E-state index is 0.00805. The van der Waals surface area contributed by atoms with Crippen molar-refractivity contribution in [3.63, 3.8) is 0 Å². The summed E-state index contributed by atoms with van der Waals surface area (Å²) in [5.74, 6) is -0.873. The Balaban J connectivity index is 2.00. The van der Waals surface area contributed by atoms with E-state index in [0.29, 0.717) is 6.54 Å². The summed E-state index contributed by atoms with van der Waals surface area (Å²) in [4.78, 5) is 28.3. The summed E-state index contributed by atoms with van der Waals surface area (Å²) in [5, 5.41) is 3.26. The Bertz CT molecular complexity index is 1390. The molecule has 11 heteroatoms. The van der Waals surface area contributed by atoms with Gasteiger partial charge < -0.3 is 10.2 Å². The van der Waals surface area contributed by atoms with E-state index in [1.54, 1.807) is 25.1 Å². The molecule has 0 radical (unpaired) electrons. The van der Waals surface area contributed by atoms with Gasteiger partial charge in [0.15, 0.2) is 0 Å². The Labute approximate surface area is 248 Å². The lowest BCUT2D eigenvalue weighted by molar-refractivity contribution is -0.139. The molecule has 39 heavy (non-hydrogen) atoms. The van der Waals surface area contributed by atoms with Gasteiger partial charge >= 0.3 is 0 Å². The van der Waals surface area contributed by atoms with Gasteiger partial charge in [0.1, 0.15) is 12.6 Å². The van der Waals surface area contributed by atoms with E-state index < -0.39 is 28.5 Å². The first-order valence-corrected chi connectivity index (χ1v) is 15.4. The second-order valence-electron chi connectivity index (χ2n) is 8.89. The lowest BCUT2D eigenvalue weighted by Gasteiger charge is -2.32. The van der Waals surface area contributed by atoms with Crippen LogP contribution in [-0.4, -0.2) is 44.3 Å². The lowest BCUT2D eigenvalue weighted by atomic mass is 10.1. The number of nitrogens with zero attached hydrogens (tertiary/aromatic N) is 2. The maximum absolute atomic E-state index is 13.9. The van der Waals surface area contributed by atoms with Crippen LogP contribution >= 0.6 is 39.1 Å². The number of sulfonamides is 1. The smallest absolute Gasteiger partial charge is 0.264 e. The highest BCUT2D eigenvalue weighted by Gasteiger charge is 2.32. The highest BCUT2D eigenvalue weighted by molar-refractivity contribution is 9.10. The van der Waals surface area contributed by atoms with Crippen LogP contribution in [0, 0.1) is 0 Å². The molecule has 7 nitrogen and oxygen atoms in total. The van der Waals surface area contributed by atoms with Crippen LogP contribution in [0.1, 0.15) is 32.3 Å². The fraction of sp³-hybridized carbons (Fsp3) is 0.286. The summed E-state index contributed by atoms with van der Waals surface area (Å²) in [5.41, 5.74) is 0.956. The SMILES string of the molecule is CCCCNC(=O)[C@@H](C)N(Cc1ccc(Br)cc1)C(=O)CN(c1ccc(Cl)c(Cl)c1)S(=O)(=O)c1ccccc1. The molecule has 3 rings (SSSR count). The Morgan fingerprint density at radius 1 is 0.974 bits per heavy atom. The predicted octanol–water partition coefficient (Wildman–Crippen LogP) is 6.28. The number of hydrogen-bond donors (Lipinski definition) is 1. The molecule has 0 saturated carbocycles. The fourth-order valence-electron chi connectivity index (χ4n) is 3.79. The Hall–Kier alpha value is -2.59. The fourth-order valence-corrected chi connectivity index (χ4v) is 5.78. The number of halogens is 3. The third-order valence-electron chi connectivity index (χ3n) is 6.06. The number of amides is 2. The maximum Gasteiger partial charge on any atom is 0.264 e. The van der Waals surface area contributed by atoms with E-state index in [2.05, 4.69) is 21.2 Å². The first-order valence-electron chi connectivity index (χ1n) is 12.4. The molecular formula is C28H30BrCl2N3O4S. The van der Waals surface area contributed by atoms with Crippen LogP contribution in [0.2, 0.25) is 10.0 Å². The van der Waals surface area contributed by atoms with Crippen LogP contribution in [0.25, 0.3) is 0 Å². The standard InChI is InChI=1S/C28H30BrCl2N3O4S/c1-3-4-16-32-28(36)20(2)33(18-21-10-12-22(29)13-11-21)27(35)19-34(23-14-15-25(30)26(31)17-23)39(37,38)24-8-6-5-7-9-24/h5-15,17,20H,3-4,16,18-19H2,1-2H3,(H,32,36)/t20-/m1/s1. The van der Waals surface area contributed by atoms with Crippen molar-refractivity contribution < 1.29 is 18.0 Å². The predicted molar refractivity (Wildman–Crippen MR) is 160 cm³/mol. The number of benzene rings is 3. The summed E-state index contributed by atoms with van der Waals surface area (Å²) in [6, 6.07) is 18.7. The van der Waals surface area contributed by atoms with Gasteiger partial charge in [0.25, 0.3) is 10.0 Å². The van der Waals surface area contributed by atoms with Gasteiger partial charge in [0.05, 0.1) is 20.6 Å². The van der Waals surface area contributed by atoms with Crippen LogP contribution < -0.4 is 9.62 Å². The van der Waals surface area contributed by atoms with Gasteiger partial charge in [-0.1, -0.05) is 82.8 Å². The van der Waals surface area contributed by atoms with Gasteiger partial charge in [0, 0.05) is 17.6 Å². The molecule has 0 aromatic heterocycles. The van der Waals surface area contributed by atoms with Gasteiger partial charge in [-0.05, 0) is 61.4 Å². The summed E-state index contributed by atoms with van der Waals surface area (Å²) in [7, 11) is -4.18. The van der Waals surface area contributed by atoms with E-state index in [0.717, 1.165) is 27.2 Å². The van der Waals surface area contributed by atoms with Gasteiger partial charge in [-0.25, -0.2) is 8.42 Å². The van der Waals surface area contributed by atoms with Crippen LogP contribution in [0.15, 0.2) is 82.2 Å².